The van der Waals surface area contributed by atoms with Crippen molar-refractivity contribution in [3.63, 3.8) is 0 Å². The van der Waals surface area contributed by atoms with Gasteiger partial charge in [-0.25, -0.2) is 4.39 Å². The van der Waals surface area contributed by atoms with E-state index in [1.165, 1.54) is 19.2 Å². The van der Waals surface area contributed by atoms with Crippen molar-refractivity contribution in [2.24, 2.45) is 5.92 Å². The quantitative estimate of drug-likeness (QED) is 0.885. The molecule has 1 aromatic rings. The van der Waals surface area contributed by atoms with Crippen LogP contribution in [0.3, 0.4) is 0 Å². The van der Waals surface area contributed by atoms with Crippen LogP contribution < -0.4 is 0 Å². The van der Waals surface area contributed by atoms with Crippen molar-refractivity contribution in [3.05, 3.63) is 34.6 Å². The van der Waals surface area contributed by atoms with Gasteiger partial charge >= 0.3 is 0 Å². The van der Waals surface area contributed by atoms with Crippen molar-refractivity contribution < 1.29 is 14.2 Å². The molecule has 1 unspecified atom stereocenters. The molecule has 2 nitrogen and oxygen atoms in total. The van der Waals surface area contributed by atoms with E-state index in [0.717, 1.165) is 0 Å². The molecule has 16 heavy (non-hydrogen) atoms. The first kappa shape index (κ1) is 13.4. The number of benzene rings is 1. The molecular weight excluding hydrogens is 231 g/mol. The van der Waals surface area contributed by atoms with E-state index in [1.807, 2.05) is 13.8 Å². The Balaban J connectivity index is 3.21. The summed E-state index contributed by atoms with van der Waals surface area (Å²) in [4.78, 5) is 0. The van der Waals surface area contributed by atoms with Crippen molar-refractivity contribution >= 4 is 11.6 Å². The molecule has 0 aliphatic rings. The summed E-state index contributed by atoms with van der Waals surface area (Å²) < 4.78 is 18.7. The number of hydrogen-bond donors (Lipinski definition) is 1. The fourth-order valence-electron chi connectivity index (χ4n) is 1.62. The van der Waals surface area contributed by atoms with Gasteiger partial charge in [0.05, 0.1) is 6.61 Å². The number of aliphatic hydroxyl groups is 1. The van der Waals surface area contributed by atoms with E-state index < -0.39 is 11.4 Å². The van der Waals surface area contributed by atoms with Gasteiger partial charge < -0.3 is 9.84 Å². The van der Waals surface area contributed by atoms with Gasteiger partial charge in [-0.1, -0.05) is 31.5 Å². The minimum absolute atomic E-state index is 0.0449. The summed E-state index contributed by atoms with van der Waals surface area (Å²) in [6, 6.07) is 4.25. The van der Waals surface area contributed by atoms with Gasteiger partial charge in [0.2, 0.25) is 0 Å². The molecule has 1 rings (SSSR count). The van der Waals surface area contributed by atoms with Crippen LogP contribution in [0.15, 0.2) is 18.2 Å². The second kappa shape index (κ2) is 5.13. The molecule has 1 aromatic carbocycles. The molecule has 0 saturated carbocycles. The van der Waals surface area contributed by atoms with Gasteiger partial charge in [0.25, 0.3) is 0 Å². The first-order valence-electron chi connectivity index (χ1n) is 5.08. The maximum Gasteiger partial charge on any atom is 0.130 e. The normalized spacial score (nSPS) is 15.2. The van der Waals surface area contributed by atoms with E-state index in [2.05, 4.69) is 0 Å². The molecule has 0 radical (unpaired) electrons. The van der Waals surface area contributed by atoms with Crippen LogP contribution in [0.2, 0.25) is 5.02 Å². The Morgan fingerprint density at radius 1 is 1.50 bits per heavy atom. The Morgan fingerprint density at radius 2 is 2.12 bits per heavy atom. The first-order chi connectivity index (χ1) is 7.41. The highest BCUT2D eigenvalue weighted by molar-refractivity contribution is 6.30. The smallest absolute Gasteiger partial charge is 0.130 e. The predicted molar refractivity (Wildman–Crippen MR) is 62.0 cm³/mol. The summed E-state index contributed by atoms with van der Waals surface area (Å²) in [6.45, 7) is 3.67. The molecule has 0 spiro atoms. The van der Waals surface area contributed by atoms with Gasteiger partial charge in [0.15, 0.2) is 0 Å². The lowest BCUT2D eigenvalue weighted by molar-refractivity contribution is -0.0722. The molecule has 0 amide bonds. The highest BCUT2D eigenvalue weighted by Gasteiger charge is 2.35. The summed E-state index contributed by atoms with van der Waals surface area (Å²) in [5.41, 5.74) is -1.11. The van der Waals surface area contributed by atoms with Crippen LogP contribution >= 0.6 is 11.6 Å². The third-order valence-corrected chi connectivity index (χ3v) is 2.95. The largest absolute Gasteiger partial charge is 0.382 e. The summed E-state index contributed by atoms with van der Waals surface area (Å²) in [6.07, 6.45) is 0. The van der Waals surface area contributed by atoms with Crippen molar-refractivity contribution in [2.45, 2.75) is 19.4 Å². The molecule has 1 N–H and O–H groups in total. The van der Waals surface area contributed by atoms with Crippen LogP contribution in [0.25, 0.3) is 0 Å². The van der Waals surface area contributed by atoms with Crippen molar-refractivity contribution in [3.8, 4) is 0 Å². The Morgan fingerprint density at radius 3 is 2.56 bits per heavy atom. The number of halogens is 2. The fourth-order valence-corrected chi connectivity index (χ4v) is 1.77. The molecule has 0 aromatic heterocycles. The Bertz CT molecular complexity index is 368. The molecule has 4 heteroatoms. The van der Waals surface area contributed by atoms with Gasteiger partial charge in [-0.2, -0.15) is 0 Å². The van der Waals surface area contributed by atoms with Gasteiger partial charge in [0, 0.05) is 17.7 Å². The third kappa shape index (κ3) is 2.54. The van der Waals surface area contributed by atoms with E-state index in [-0.39, 0.29) is 18.1 Å². The molecule has 90 valence electrons. The zero-order chi connectivity index (χ0) is 12.3. The van der Waals surface area contributed by atoms with E-state index in [4.69, 9.17) is 16.3 Å². The molecule has 0 heterocycles. The monoisotopic (exact) mass is 246 g/mol. The molecular formula is C12H16ClFO2. The van der Waals surface area contributed by atoms with Gasteiger partial charge in [0.1, 0.15) is 11.4 Å². The van der Waals surface area contributed by atoms with Crippen LogP contribution in [0.1, 0.15) is 19.4 Å². The number of methoxy groups -OCH3 is 1. The van der Waals surface area contributed by atoms with E-state index in [0.29, 0.717) is 5.02 Å². The highest BCUT2D eigenvalue weighted by atomic mass is 35.5. The number of hydrogen-bond acceptors (Lipinski definition) is 2. The lowest BCUT2D eigenvalue weighted by Gasteiger charge is -2.32. The molecule has 1 atom stereocenters. The summed E-state index contributed by atoms with van der Waals surface area (Å²) >= 11 is 5.67. The van der Waals surface area contributed by atoms with Crippen molar-refractivity contribution in [1.82, 2.24) is 0 Å². The first-order valence-corrected chi connectivity index (χ1v) is 5.46. The maximum absolute atomic E-state index is 13.7. The van der Waals surface area contributed by atoms with E-state index >= 15 is 0 Å². The number of rotatable bonds is 4. The molecule has 0 fully saturated rings. The summed E-state index contributed by atoms with van der Waals surface area (Å²) in [5, 5.41) is 10.7. The average molecular weight is 247 g/mol. The van der Waals surface area contributed by atoms with Gasteiger partial charge in [-0.05, 0) is 18.1 Å². The van der Waals surface area contributed by atoms with Crippen LogP contribution in [0, 0.1) is 11.7 Å². The van der Waals surface area contributed by atoms with Crippen molar-refractivity contribution in [2.75, 3.05) is 13.7 Å². The summed E-state index contributed by atoms with van der Waals surface area (Å²) in [5.74, 6) is -0.677. The Hall–Kier alpha value is -0.640. The summed E-state index contributed by atoms with van der Waals surface area (Å²) in [7, 11) is 1.47. The Labute approximate surface area is 100.0 Å². The predicted octanol–water partition coefficient (Wildman–Crippen LogP) is 2.97. The third-order valence-electron chi connectivity index (χ3n) is 2.72. The molecule has 0 aliphatic carbocycles. The SMILES string of the molecule is COCC(O)(c1ccc(Cl)cc1F)C(C)C. The van der Waals surface area contributed by atoms with Crippen LogP contribution in [-0.4, -0.2) is 18.8 Å². The zero-order valence-electron chi connectivity index (χ0n) is 9.63. The zero-order valence-corrected chi connectivity index (χ0v) is 10.4. The lowest BCUT2D eigenvalue weighted by Crippen LogP contribution is -2.37. The van der Waals surface area contributed by atoms with E-state index in [9.17, 15) is 9.50 Å². The highest BCUT2D eigenvalue weighted by Crippen LogP contribution is 2.32. The topological polar surface area (TPSA) is 29.5 Å². The van der Waals surface area contributed by atoms with Crippen LogP contribution in [0.5, 0.6) is 0 Å². The molecule has 0 bridgehead atoms. The second-order valence-corrected chi connectivity index (χ2v) is 4.57. The van der Waals surface area contributed by atoms with Crippen LogP contribution in [0.4, 0.5) is 4.39 Å². The molecule has 0 aliphatic heterocycles. The van der Waals surface area contributed by atoms with Crippen LogP contribution in [-0.2, 0) is 10.3 Å². The minimum Gasteiger partial charge on any atom is -0.382 e. The van der Waals surface area contributed by atoms with Gasteiger partial charge in [-0.3, -0.25) is 0 Å². The lowest BCUT2D eigenvalue weighted by atomic mass is 9.84. The standard InChI is InChI=1S/C12H16ClFO2/c1-8(2)12(15,7-16-3)10-5-4-9(13)6-11(10)14/h4-6,8,15H,7H2,1-3H3. The van der Waals surface area contributed by atoms with Gasteiger partial charge in [-0.15, -0.1) is 0 Å². The fraction of sp³-hybridized carbons (Fsp3) is 0.500. The average Bonchev–Trinajstić information content (AvgIpc) is 2.17. The second-order valence-electron chi connectivity index (χ2n) is 4.14. The molecule has 0 saturated heterocycles. The van der Waals surface area contributed by atoms with E-state index in [1.54, 1.807) is 6.07 Å². The maximum atomic E-state index is 13.7. The number of ether oxygens (including phenoxy) is 1. The Kier molecular flexibility index (Phi) is 4.30. The minimum atomic E-state index is -1.33. The van der Waals surface area contributed by atoms with Crippen molar-refractivity contribution in [1.29, 1.82) is 0 Å².